The summed E-state index contributed by atoms with van der Waals surface area (Å²) in [6.45, 7) is 3.69. The van der Waals surface area contributed by atoms with Gasteiger partial charge in [-0.1, -0.05) is 18.9 Å². The van der Waals surface area contributed by atoms with Gasteiger partial charge in [-0.3, -0.25) is 0 Å². The first-order valence-corrected chi connectivity index (χ1v) is 4.47. The highest BCUT2D eigenvalue weighted by Gasteiger charge is 2.34. The molecule has 0 saturated heterocycles. The third kappa shape index (κ3) is 1.49. The number of hydrogen-bond donors (Lipinski definition) is 0. The minimum Gasteiger partial charge on any atom is -0.121 e. The van der Waals surface area contributed by atoms with Gasteiger partial charge in [0.2, 0.25) is 0 Å². The summed E-state index contributed by atoms with van der Waals surface area (Å²) in [6, 6.07) is 0. The molecule has 2 heteroatoms. The molecule has 2 atom stereocenters. The van der Waals surface area contributed by atoms with Crippen LogP contribution in [0.25, 0.3) is 0 Å². The zero-order chi connectivity index (χ0) is 7.61. The van der Waals surface area contributed by atoms with Gasteiger partial charge in [0.05, 0.1) is 10.3 Å². The Kier molecular flexibility index (Phi) is 2.65. The Morgan fingerprint density at radius 2 is 2.20 bits per heavy atom. The minimum absolute atomic E-state index is 0.0837. The van der Waals surface area contributed by atoms with Gasteiger partial charge in [0.15, 0.2) is 0 Å². The molecule has 0 radical (unpaired) electrons. The molecule has 0 nitrogen and oxygen atoms in total. The van der Waals surface area contributed by atoms with Crippen LogP contribution in [0.5, 0.6) is 0 Å². The van der Waals surface area contributed by atoms with Crippen LogP contribution in [0, 0.1) is 0 Å². The van der Waals surface area contributed by atoms with E-state index in [9.17, 15) is 0 Å². The lowest BCUT2D eigenvalue weighted by atomic mass is 9.88. The minimum atomic E-state index is -0.320. The molecule has 1 aliphatic rings. The van der Waals surface area contributed by atoms with Gasteiger partial charge in [0, 0.05) is 0 Å². The molecular formula is C8H12Cl2. The summed E-state index contributed by atoms with van der Waals surface area (Å²) in [5.41, 5.74) is 0. The van der Waals surface area contributed by atoms with Gasteiger partial charge >= 0.3 is 0 Å². The Labute approximate surface area is 72.2 Å². The summed E-state index contributed by atoms with van der Waals surface area (Å²) >= 11 is 12.2. The van der Waals surface area contributed by atoms with Crippen molar-refractivity contribution >= 4 is 23.2 Å². The highest BCUT2D eigenvalue weighted by Crippen LogP contribution is 2.38. The van der Waals surface area contributed by atoms with Crippen molar-refractivity contribution in [2.75, 3.05) is 0 Å². The molecule has 1 saturated carbocycles. The fraction of sp³-hybridized carbons (Fsp3) is 0.750. The van der Waals surface area contributed by atoms with E-state index in [0.29, 0.717) is 0 Å². The van der Waals surface area contributed by atoms with E-state index in [1.807, 2.05) is 0 Å². The third-order valence-corrected chi connectivity index (χ3v) is 3.45. The smallest absolute Gasteiger partial charge is 0.0786 e. The van der Waals surface area contributed by atoms with Gasteiger partial charge in [-0.05, 0) is 12.8 Å². The molecule has 1 fully saturated rings. The molecule has 0 spiro atoms. The number of hydrogen-bond acceptors (Lipinski definition) is 0. The second-order valence-corrected chi connectivity index (χ2v) is 4.07. The molecule has 58 valence electrons. The molecule has 0 heterocycles. The molecule has 0 aromatic carbocycles. The molecule has 0 aromatic heterocycles. The van der Waals surface area contributed by atoms with Crippen molar-refractivity contribution in [3.8, 4) is 0 Å². The van der Waals surface area contributed by atoms with Crippen molar-refractivity contribution in [1.29, 1.82) is 0 Å². The van der Waals surface area contributed by atoms with E-state index in [2.05, 4.69) is 6.58 Å². The fourth-order valence-corrected chi connectivity index (χ4v) is 1.94. The third-order valence-electron chi connectivity index (χ3n) is 2.13. The lowest BCUT2D eigenvalue weighted by molar-refractivity contribution is 0.453. The number of halogens is 2. The summed E-state index contributed by atoms with van der Waals surface area (Å²) in [4.78, 5) is -0.320. The predicted octanol–water partition coefficient (Wildman–Crippen LogP) is 3.33. The quantitative estimate of drug-likeness (QED) is 0.427. The zero-order valence-corrected chi connectivity index (χ0v) is 7.46. The summed E-state index contributed by atoms with van der Waals surface area (Å²) in [7, 11) is 0. The Morgan fingerprint density at radius 3 is 2.60 bits per heavy atom. The Bertz CT molecular complexity index is 133. The molecule has 1 aliphatic carbocycles. The first-order valence-electron chi connectivity index (χ1n) is 3.65. The van der Waals surface area contributed by atoms with E-state index < -0.39 is 0 Å². The van der Waals surface area contributed by atoms with Crippen LogP contribution >= 0.6 is 23.2 Å². The van der Waals surface area contributed by atoms with Crippen molar-refractivity contribution in [1.82, 2.24) is 0 Å². The van der Waals surface area contributed by atoms with Crippen LogP contribution in [0.4, 0.5) is 0 Å². The van der Waals surface area contributed by atoms with E-state index in [1.54, 1.807) is 6.08 Å². The van der Waals surface area contributed by atoms with E-state index in [0.717, 1.165) is 12.8 Å². The average Bonchev–Trinajstić information content (AvgIpc) is 1.96. The molecular weight excluding hydrogens is 167 g/mol. The highest BCUT2D eigenvalue weighted by molar-refractivity contribution is 6.33. The van der Waals surface area contributed by atoms with Crippen LogP contribution in [0.15, 0.2) is 12.7 Å². The largest absolute Gasteiger partial charge is 0.121 e. The van der Waals surface area contributed by atoms with E-state index in [1.165, 1.54) is 12.8 Å². The molecule has 0 bridgehead atoms. The van der Waals surface area contributed by atoms with Gasteiger partial charge in [-0.15, -0.1) is 29.8 Å². The van der Waals surface area contributed by atoms with Crippen molar-refractivity contribution in [3.63, 3.8) is 0 Å². The highest BCUT2D eigenvalue weighted by atomic mass is 35.5. The zero-order valence-electron chi connectivity index (χ0n) is 5.95. The standard InChI is InChI=1S/C8H12Cl2/c1-2-8(10)6-4-3-5-7(8)9/h2,7H,1,3-6H2. The molecule has 0 aromatic rings. The van der Waals surface area contributed by atoms with Crippen LogP contribution in [-0.2, 0) is 0 Å². The number of alkyl halides is 2. The van der Waals surface area contributed by atoms with E-state index in [-0.39, 0.29) is 10.3 Å². The molecule has 0 amide bonds. The summed E-state index contributed by atoms with van der Waals surface area (Å²) < 4.78 is 0. The van der Waals surface area contributed by atoms with Crippen molar-refractivity contribution in [3.05, 3.63) is 12.7 Å². The second-order valence-electron chi connectivity index (χ2n) is 2.84. The molecule has 2 unspecified atom stereocenters. The molecule has 0 N–H and O–H groups in total. The fourth-order valence-electron chi connectivity index (χ4n) is 1.35. The van der Waals surface area contributed by atoms with Crippen LogP contribution in [0.2, 0.25) is 0 Å². The Morgan fingerprint density at radius 1 is 1.50 bits per heavy atom. The molecule has 1 rings (SSSR count). The van der Waals surface area contributed by atoms with Crippen molar-refractivity contribution in [2.24, 2.45) is 0 Å². The average molecular weight is 179 g/mol. The van der Waals surface area contributed by atoms with Gasteiger partial charge in [-0.25, -0.2) is 0 Å². The van der Waals surface area contributed by atoms with Crippen LogP contribution in [0.3, 0.4) is 0 Å². The first kappa shape index (κ1) is 8.42. The first-order chi connectivity index (χ1) is 4.69. The molecule has 10 heavy (non-hydrogen) atoms. The lowest BCUT2D eigenvalue weighted by Gasteiger charge is -2.32. The Hall–Kier alpha value is 0.320. The van der Waals surface area contributed by atoms with Crippen LogP contribution < -0.4 is 0 Å². The maximum Gasteiger partial charge on any atom is 0.0786 e. The monoisotopic (exact) mass is 178 g/mol. The van der Waals surface area contributed by atoms with E-state index >= 15 is 0 Å². The van der Waals surface area contributed by atoms with Crippen molar-refractivity contribution in [2.45, 2.75) is 35.9 Å². The summed E-state index contributed by atoms with van der Waals surface area (Å²) in [5.74, 6) is 0. The maximum atomic E-state index is 6.16. The van der Waals surface area contributed by atoms with Crippen LogP contribution in [0.1, 0.15) is 25.7 Å². The van der Waals surface area contributed by atoms with Gasteiger partial charge in [0.1, 0.15) is 0 Å². The van der Waals surface area contributed by atoms with Crippen molar-refractivity contribution < 1.29 is 0 Å². The SMILES string of the molecule is C=CC1(Cl)CCCCC1Cl. The lowest BCUT2D eigenvalue weighted by Crippen LogP contribution is -2.33. The second kappa shape index (κ2) is 3.15. The van der Waals surface area contributed by atoms with Gasteiger partial charge in [-0.2, -0.15) is 0 Å². The normalized spacial score (nSPS) is 41.2. The van der Waals surface area contributed by atoms with Gasteiger partial charge in [0.25, 0.3) is 0 Å². The summed E-state index contributed by atoms with van der Waals surface area (Å²) in [6.07, 6.45) is 6.17. The predicted molar refractivity (Wildman–Crippen MR) is 46.9 cm³/mol. The number of allylic oxidation sites excluding steroid dienone is 1. The maximum absolute atomic E-state index is 6.16. The number of rotatable bonds is 1. The van der Waals surface area contributed by atoms with Gasteiger partial charge < -0.3 is 0 Å². The molecule has 0 aliphatic heterocycles. The van der Waals surface area contributed by atoms with E-state index in [4.69, 9.17) is 23.2 Å². The Balaban J connectivity index is 2.62. The van der Waals surface area contributed by atoms with Crippen LogP contribution in [-0.4, -0.2) is 10.3 Å². The summed E-state index contributed by atoms with van der Waals surface area (Å²) in [5, 5.41) is 0.0837. The topological polar surface area (TPSA) is 0 Å².